The molecule has 0 N–H and O–H groups in total. The topological polar surface area (TPSA) is 0 Å². The Kier molecular flexibility index (Phi) is 2.31. The van der Waals surface area contributed by atoms with Crippen molar-refractivity contribution >= 4 is 8.58 Å². The van der Waals surface area contributed by atoms with Crippen LogP contribution < -0.4 is 0 Å². The molecule has 0 aliphatic carbocycles. The van der Waals surface area contributed by atoms with Gasteiger partial charge in [0, 0.05) is 0 Å². The molecule has 1 fully saturated rings. The highest BCUT2D eigenvalue weighted by atomic mass is 31.1. The van der Waals surface area contributed by atoms with Crippen LogP contribution in [0.4, 0.5) is 0 Å². The second-order valence-electron chi connectivity index (χ2n) is 2.98. The van der Waals surface area contributed by atoms with Crippen LogP contribution in [0.3, 0.4) is 0 Å². The first kappa shape index (κ1) is 6.55. The molecule has 1 heterocycles. The van der Waals surface area contributed by atoms with Gasteiger partial charge in [0.15, 0.2) is 0 Å². The molecule has 0 aromatic heterocycles. The smallest absolute Gasteiger partial charge is 0.0263 e. The summed E-state index contributed by atoms with van der Waals surface area (Å²) in [7, 11) is 1.26. The molecular weight excluding hydrogens is 115 g/mol. The summed E-state index contributed by atoms with van der Waals surface area (Å²) in [6, 6.07) is 0. The molecule has 0 saturated carbocycles. The van der Waals surface area contributed by atoms with E-state index in [-0.39, 0.29) is 0 Å². The average molecular weight is 130 g/mol. The third kappa shape index (κ3) is 1.74. The van der Waals surface area contributed by atoms with Gasteiger partial charge in [-0.05, 0) is 30.6 Å². The van der Waals surface area contributed by atoms with E-state index in [4.69, 9.17) is 0 Å². The van der Waals surface area contributed by atoms with Crippen molar-refractivity contribution in [3.8, 4) is 0 Å². The maximum absolute atomic E-state index is 2.38. The van der Waals surface area contributed by atoms with Gasteiger partial charge in [0.1, 0.15) is 0 Å². The van der Waals surface area contributed by atoms with E-state index in [0.29, 0.717) is 0 Å². The standard InChI is InChI=1S/C7H15P/c1-6-3-4-8-7(2)5-6/h6-8H,3-5H2,1-2H3. The lowest BCUT2D eigenvalue weighted by Gasteiger charge is -2.22. The minimum atomic E-state index is 1.02. The van der Waals surface area contributed by atoms with Crippen LogP contribution in [0.2, 0.25) is 0 Å². The van der Waals surface area contributed by atoms with Crippen molar-refractivity contribution < 1.29 is 0 Å². The van der Waals surface area contributed by atoms with Crippen LogP contribution in [-0.2, 0) is 0 Å². The van der Waals surface area contributed by atoms with Crippen molar-refractivity contribution in [1.82, 2.24) is 0 Å². The van der Waals surface area contributed by atoms with Crippen molar-refractivity contribution in [2.24, 2.45) is 5.92 Å². The molecule has 0 aromatic carbocycles. The predicted molar refractivity (Wildman–Crippen MR) is 41.0 cm³/mol. The molecule has 48 valence electrons. The molecule has 3 unspecified atom stereocenters. The first-order chi connectivity index (χ1) is 3.79. The summed E-state index contributed by atoms with van der Waals surface area (Å²) >= 11 is 0. The molecule has 1 heteroatoms. The second-order valence-corrected chi connectivity index (χ2v) is 4.88. The molecule has 0 aromatic rings. The van der Waals surface area contributed by atoms with Gasteiger partial charge >= 0.3 is 0 Å². The van der Waals surface area contributed by atoms with Gasteiger partial charge in [-0.25, -0.2) is 0 Å². The average Bonchev–Trinajstić information content (AvgIpc) is 1.64. The number of hydrogen-bond acceptors (Lipinski definition) is 0. The Morgan fingerprint density at radius 1 is 1.38 bits per heavy atom. The van der Waals surface area contributed by atoms with E-state index in [2.05, 4.69) is 13.8 Å². The van der Waals surface area contributed by atoms with Gasteiger partial charge in [-0.2, -0.15) is 0 Å². The van der Waals surface area contributed by atoms with Crippen molar-refractivity contribution in [3.05, 3.63) is 0 Å². The Morgan fingerprint density at radius 3 is 2.50 bits per heavy atom. The Hall–Kier alpha value is 0.430. The lowest BCUT2D eigenvalue weighted by atomic mass is 10.0. The summed E-state index contributed by atoms with van der Waals surface area (Å²) in [4.78, 5) is 0. The van der Waals surface area contributed by atoms with E-state index < -0.39 is 0 Å². The fourth-order valence-corrected chi connectivity index (χ4v) is 3.10. The second kappa shape index (κ2) is 2.82. The molecule has 1 aliphatic heterocycles. The minimum absolute atomic E-state index is 1.02. The van der Waals surface area contributed by atoms with E-state index in [1.807, 2.05) is 0 Å². The van der Waals surface area contributed by atoms with Crippen LogP contribution in [0.15, 0.2) is 0 Å². The first-order valence-electron chi connectivity index (χ1n) is 3.52. The van der Waals surface area contributed by atoms with Gasteiger partial charge in [0.05, 0.1) is 0 Å². The zero-order valence-corrected chi connectivity index (χ0v) is 6.78. The molecule has 0 radical (unpaired) electrons. The highest BCUT2D eigenvalue weighted by Crippen LogP contribution is 2.33. The van der Waals surface area contributed by atoms with Gasteiger partial charge in [-0.1, -0.05) is 13.8 Å². The summed E-state index contributed by atoms with van der Waals surface area (Å²) in [5.74, 6) is 1.02. The Labute approximate surface area is 53.8 Å². The van der Waals surface area contributed by atoms with Crippen molar-refractivity contribution in [2.45, 2.75) is 32.3 Å². The summed E-state index contributed by atoms with van der Waals surface area (Å²) in [6.07, 6.45) is 4.48. The molecule has 0 amide bonds. The quantitative estimate of drug-likeness (QED) is 0.442. The van der Waals surface area contributed by atoms with Gasteiger partial charge in [0.2, 0.25) is 0 Å². The zero-order valence-electron chi connectivity index (χ0n) is 5.78. The van der Waals surface area contributed by atoms with Gasteiger partial charge in [0.25, 0.3) is 0 Å². The molecule has 0 spiro atoms. The number of rotatable bonds is 0. The van der Waals surface area contributed by atoms with E-state index in [9.17, 15) is 0 Å². The first-order valence-corrected chi connectivity index (χ1v) is 4.81. The van der Waals surface area contributed by atoms with E-state index >= 15 is 0 Å². The lowest BCUT2D eigenvalue weighted by molar-refractivity contribution is 0.500. The third-order valence-electron chi connectivity index (χ3n) is 1.89. The zero-order chi connectivity index (χ0) is 5.98. The van der Waals surface area contributed by atoms with Crippen LogP contribution in [0.1, 0.15) is 26.7 Å². The molecular formula is C7H15P. The monoisotopic (exact) mass is 130 g/mol. The SMILES string of the molecule is CC1CCPC(C)C1. The Bertz CT molecular complexity index is 62.8. The molecule has 8 heavy (non-hydrogen) atoms. The highest BCUT2D eigenvalue weighted by molar-refractivity contribution is 7.38. The highest BCUT2D eigenvalue weighted by Gasteiger charge is 2.13. The molecule has 0 nitrogen and oxygen atoms in total. The Morgan fingerprint density at radius 2 is 2.12 bits per heavy atom. The normalized spacial score (nSPS) is 42.8. The predicted octanol–water partition coefficient (Wildman–Crippen LogP) is 2.48. The maximum atomic E-state index is 2.38. The summed E-state index contributed by atoms with van der Waals surface area (Å²) in [5, 5.41) is 0. The van der Waals surface area contributed by atoms with Crippen LogP contribution >= 0.6 is 8.58 Å². The van der Waals surface area contributed by atoms with Gasteiger partial charge < -0.3 is 0 Å². The van der Waals surface area contributed by atoms with Crippen LogP contribution in [0, 0.1) is 5.92 Å². The molecule has 0 bridgehead atoms. The Balaban J connectivity index is 2.23. The van der Waals surface area contributed by atoms with Crippen molar-refractivity contribution in [2.75, 3.05) is 6.16 Å². The molecule has 3 atom stereocenters. The van der Waals surface area contributed by atoms with Crippen molar-refractivity contribution in [1.29, 1.82) is 0 Å². The molecule has 1 rings (SSSR count). The minimum Gasteiger partial charge on any atom is -0.119 e. The summed E-state index contributed by atoms with van der Waals surface area (Å²) in [6.45, 7) is 4.76. The summed E-state index contributed by atoms with van der Waals surface area (Å²) in [5.41, 5.74) is 1.04. The van der Waals surface area contributed by atoms with Crippen LogP contribution in [-0.4, -0.2) is 11.8 Å². The largest absolute Gasteiger partial charge is 0.119 e. The number of hydrogen-bond donors (Lipinski definition) is 0. The van der Waals surface area contributed by atoms with Crippen LogP contribution in [0.5, 0.6) is 0 Å². The summed E-state index contributed by atoms with van der Waals surface area (Å²) < 4.78 is 0. The van der Waals surface area contributed by atoms with E-state index in [1.165, 1.54) is 27.6 Å². The van der Waals surface area contributed by atoms with Gasteiger partial charge in [-0.3, -0.25) is 0 Å². The maximum Gasteiger partial charge on any atom is -0.0263 e. The van der Waals surface area contributed by atoms with E-state index in [0.717, 1.165) is 11.6 Å². The van der Waals surface area contributed by atoms with Crippen molar-refractivity contribution in [3.63, 3.8) is 0 Å². The van der Waals surface area contributed by atoms with E-state index in [1.54, 1.807) is 0 Å². The van der Waals surface area contributed by atoms with Gasteiger partial charge in [-0.15, -0.1) is 8.58 Å². The third-order valence-corrected chi connectivity index (χ3v) is 3.40. The molecule has 1 aliphatic rings. The fourth-order valence-electron chi connectivity index (χ4n) is 1.38. The molecule has 1 saturated heterocycles. The fraction of sp³-hybridized carbons (Fsp3) is 1.00. The lowest BCUT2D eigenvalue weighted by Crippen LogP contribution is -2.10. The van der Waals surface area contributed by atoms with Crippen LogP contribution in [0.25, 0.3) is 0 Å².